The average Bonchev–Trinajstić information content (AvgIpc) is 2.60. The Balaban J connectivity index is 2.04. The van der Waals surface area contributed by atoms with E-state index in [-0.39, 0.29) is 22.6 Å². The normalized spacial score (nSPS) is 16.1. The molecule has 1 fully saturated rings. The molecular weight excluding hydrogens is 342 g/mol. The first-order valence-electron chi connectivity index (χ1n) is 8.17. The van der Waals surface area contributed by atoms with E-state index in [9.17, 15) is 18.0 Å². The predicted octanol–water partition coefficient (Wildman–Crippen LogP) is 0.877. The molecule has 2 amide bonds. The van der Waals surface area contributed by atoms with Crippen molar-refractivity contribution < 1.29 is 18.0 Å². The lowest BCUT2D eigenvalue weighted by Crippen LogP contribution is -2.42. The summed E-state index contributed by atoms with van der Waals surface area (Å²) in [6.07, 6.45) is 1.30. The van der Waals surface area contributed by atoms with Gasteiger partial charge in [-0.3, -0.25) is 9.59 Å². The first-order chi connectivity index (χ1) is 11.6. The molecule has 0 saturated carbocycles. The molecule has 2 rings (SSSR count). The van der Waals surface area contributed by atoms with Crippen LogP contribution in [0.1, 0.15) is 23.2 Å². The van der Waals surface area contributed by atoms with Crippen LogP contribution >= 0.6 is 0 Å². The summed E-state index contributed by atoms with van der Waals surface area (Å²) < 4.78 is 25.3. The van der Waals surface area contributed by atoms with Crippen molar-refractivity contribution in [3.63, 3.8) is 0 Å². The molecule has 25 heavy (non-hydrogen) atoms. The monoisotopic (exact) mass is 367 g/mol. The van der Waals surface area contributed by atoms with Crippen LogP contribution in [0.5, 0.6) is 0 Å². The Labute approximate surface area is 149 Å². The number of piperidine rings is 1. The maximum absolute atomic E-state index is 12.6. The average molecular weight is 367 g/mol. The number of hydrogen-bond acceptors (Lipinski definition) is 4. The second kappa shape index (κ2) is 7.53. The van der Waals surface area contributed by atoms with Crippen LogP contribution in [0.15, 0.2) is 29.2 Å². The molecule has 1 aromatic rings. The fourth-order valence-corrected chi connectivity index (χ4v) is 3.76. The Morgan fingerprint density at radius 2 is 1.52 bits per heavy atom. The Hall–Kier alpha value is -1.93. The van der Waals surface area contributed by atoms with Crippen molar-refractivity contribution in [1.29, 1.82) is 0 Å². The lowest BCUT2D eigenvalue weighted by molar-refractivity contribution is -0.134. The number of nitrogens with zero attached hydrogens (tertiary/aromatic N) is 3. The van der Waals surface area contributed by atoms with Gasteiger partial charge in [-0.1, -0.05) is 0 Å². The molecule has 1 aliphatic rings. The third kappa shape index (κ3) is 4.19. The maximum atomic E-state index is 12.6. The van der Waals surface area contributed by atoms with Crippen molar-refractivity contribution in [3.05, 3.63) is 29.8 Å². The highest BCUT2D eigenvalue weighted by atomic mass is 32.2. The Morgan fingerprint density at radius 1 is 1.00 bits per heavy atom. The zero-order valence-electron chi connectivity index (χ0n) is 15.1. The molecule has 8 heteroatoms. The molecule has 1 aromatic carbocycles. The molecule has 138 valence electrons. The van der Waals surface area contributed by atoms with E-state index in [4.69, 9.17) is 0 Å². The highest BCUT2D eigenvalue weighted by molar-refractivity contribution is 7.89. The second-order valence-corrected chi connectivity index (χ2v) is 8.76. The Morgan fingerprint density at radius 3 is 1.96 bits per heavy atom. The molecule has 1 heterocycles. The van der Waals surface area contributed by atoms with Gasteiger partial charge in [-0.25, -0.2) is 12.7 Å². The number of amides is 2. The molecule has 0 aliphatic carbocycles. The van der Waals surface area contributed by atoms with Gasteiger partial charge in [-0.05, 0) is 37.1 Å². The smallest absolute Gasteiger partial charge is 0.253 e. The molecule has 0 unspecified atom stereocenters. The summed E-state index contributed by atoms with van der Waals surface area (Å²) in [4.78, 5) is 28.0. The predicted molar refractivity (Wildman–Crippen MR) is 94.6 cm³/mol. The fourth-order valence-electron chi connectivity index (χ4n) is 2.86. The molecule has 1 aliphatic heterocycles. The first kappa shape index (κ1) is 19.4. The van der Waals surface area contributed by atoms with Crippen LogP contribution in [0.3, 0.4) is 0 Å². The molecule has 0 atom stereocenters. The van der Waals surface area contributed by atoms with E-state index in [0.29, 0.717) is 31.5 Å². The van der Waals surface area contributed by atoms with Crippen LogP contribution in [0.25, 0.3) is 0 Å². The summed E-state index contributed by atoms with van der Waals surface area (Å²) in [7, 11) is 2.91. The molecular formula is C17H25N3O4S. The van der Waals surface area contributed by atoms with E-state index in [1.54, 1.807) is 23.9 Å². The molecule has 0 spiro atoms. The molecule has 1 saturated heterocycles. The quantitative estimate of drug-likeness (QED) is 0.791. The molecule has 7 nitrogen and oxygen atoms in total. The highest BCUT2D eigenvalue weighted by Crippen LogP contribution is 2.21. The van der Waals surface area contributed by atoms with Gasteiger partial charge in [0.1, 0.15) is 0 Å². The van der Waals surface area contributed by atoms with Crippen LogP contribution in [0.4, 0.5) is 0 Å². The number of sulfonamides is 1. The molecule has 0 radical (unpaired) electrons. The van der Waals surface area contributed by atoms with Gasteiger partial charge in [0.05, 0.1) is 4.90 Å². The summed E-state index contributed by atoms with van der Waals surface area (Å²) in [6.45, 7) is 1.06. The number of carbonyl (C=O) groups excluding carboxylic acids is 2. The highest BCUT2D eigenvalue weighted by Gasteiger charge is 2.28. The van der Waals surface area contributed by atoms with Crippen LogP contribution in [-0.2, 0) is 14.8 Å². The SMILES string of the molecule is CN(C)C(=O)C1CCN(C(=O)c2ccc(S(=O)(=O)N(C)C)cc2)CC1. The summed E-state index contributed by atoms with van der Waals surface area (Å²) in [5, 5.41) is 0. The Kier molecular flexibility index (Phi) is 5.84. The first-order valence-corrected chi connectivity index (χ1v) is 9.61. The van der Waals surface area contributed by atoms with E-state index in [2.05, 4.69) is 0 Å². The maximum Gasteiger partial charge on any atom is 0.253 e. The summed E-state index contributed by atoms with van der Waals surface area (Å²) in [6, 6.07) is 5.97. The molecule has 0 bridgehead atoms. The van der Waals surface area contributed by atoms with Crippen molar-refractivity contribution in [2.24, 2.45) is 5.92 Å². The van der Waals surface area contributed by atoms with Gasteiger partial charge in [0.25, 0.3) is 5.91 Å². The minimum absolute atomic E-state index is 0.0355. The zero-order valence-corrected chi connectivity index (χ0v) is 15.9. The largest absolute Gasteiger partial charge is 0.349 e. The van der Waals surface area contributed by atoms with E-state index < -0.39 is 10.0 Å². The van der Waals surface area contributed by atoms with Crippen molar-refractivity contribution in [3.8, 4) is 0 Å². The van der Waals surface area contributed by atoms with Crippen LogP contribution in [-0.4, -0.2) is 75.6 Å². The van der Waals surface area contributed by atoms with Gasteiger partial charge in [-0.2, -0.15) is 0 Å². The lowest BCUT2D eigenvalue weighted by atomic mass is 9.95. The Bertz CT molecular complexity index is 734. The van der Waals surface area contributed by atoms with Crippen molar-refractivity contribution in [2.45, 2.75) is 17.7 Å². The minimum Gasteiger partial charge on any atom is -0.349 e. The van der Waals surface area contributed by atoms with Gasteiger partial charge in [0, 0.05) is 52.8 Å². The number of carbonyl (C=O) groups is 2. The summed E-state index contributed by atoms with van der Waals surface area (Å²) in [5.41, 5.74) is 0.454. The topological polar surface area (TPSA) is 78.0 Å². The van der Waals surface area contributed by atoms with Crippen LogP contribution < -0.4 is 0 Å². The number of rotatable bonds is 4. The number of benzene rings is 1. The summed E-state index contributed by atoms with van der Waals surface area (Å²) >= 11 is 0. The van der Waals surface area contributed by atoms with Crippen molar-refractivity contribution in [1.82, 2.24) is 14.1 Å². The number of hydrogen-bond donors (Lipinski definition) is 0. The van der Waals surface area contributed by atoms with E-state index in [1.807, 2.05) is 0 Å². The van der Waals surface area contributed by atoms with E-state index in [1.165, 1.54) is 38.4 Å². The van der Waals surface area contributed by atoms with E-state index in [0.717, 1.165) is 4.31 Å². The van der Waals surface area contributed by atoms with E-state index >= 15 is 0 Å². The third-order valence-corrected chi connectivity index (χ3v) is 6.28. The zero-order chi connectivity index (χ0) is 18.8. The third-order valence-electron chi connectivity index (χ3n) is 4.45. The number of likely N-dealkylation sites (tertiary alicyclic amines) is 1. The second-order valence-electron chi connectivity index (χ2n) is 6.61. The van der Waals surface area contributed by atoms with Gasteiger partial charge in [0.15, 0.2) is 0 Å². The van der Waals surface area contributed by atoms with Gasteiger partial charge in [-0.15, -0.1) is 0 Å². The van der Waals surface area contributed by atoms with Crippen LogP contribution in [0, 0.1) is 5.92 Å². The minimum atomic E-state index is -3.50. The van der Waals surface area contributed by atoms with Crippen molar-refractivity contribution >= 4 is 21.8 Å². The summed E-state index contributed by atoms with van der Waals surface area (Å²) in [5.74, 6) is -0.0680. The van der Waals surface area contributed by atoms with Gasteiger partial charge in [0.2, 0.25) is 15.9 Å². The lowest BCUT2D eigenvalue weighted by Gasteiger charge is -2.32. The fraction of sp³-hybridized carbons (Fsp3) is 0.529. The van der Waals surface area contributed by atoms with Crippen LogP contribution in [0.2, 0.25) is 0 Å². The molecule has 0 N–H and O–H groups in total. The standard InChI is InChI=1S/C17H25N3O4S/c1-18(2)16(21)14-9-11-20(12-10-14)17(22)13-5-7-15(8-6-13)25(23,24)19(3)4/h5-8,14H,9-12H2,1-4H3. The van der Waals surface area contributed by atoms with Gasteiger partial charge >= 0.3 is 0 Å². The van der Waals surface area contributed by atoms with Crippen molar-refractivity contribution in [2.75, 3.05) is 41.3 Å². The van der Waals surface area contributed by atoms with Gasteiger partial charge < -0.3 is 9.80 Å². The molecule has 0 aromatic heterocycles.